The van der Waals surface area contributed by atoms with Crippen LogP contribution in [0.2, 0.25) is 0 Å². The highest BCUT2D eigenvalue weighted by Crippen LogP contribution is 2.25. The van der Waals surface area contributed by atoms with Crippen molar-refractivity contribution < 1.29 is 4.79 Å². The SMILES string of the molecule is CCCC(C(=O)Nc1ccc(Br)c(C)n1)c1cncc(Br)c1. The molecule has 0 saturated heterocycles. The Labute approximate surface area is 147 Å². The molecule has 0 radical (unpaired) electrons. The average Bonchev–Trinajstić information content (AvgIpc) is 2.48. The van der Waals surface area contributed by atoms with Crippen molar-refractivity contribution in [1.82, 2.24) is 9.97 Å². The first-order chi connectivity index (χ1) is 10.5. The fourth-order valence-corrected chi connectivity index (χ4v) is 2.79. The van der Waals surface area contributed by atoms with Gasteiger partial charge in [0.05, 0.1) is 11.6 Å². The lowest BCUT2D eigenvalue weighted by molar-refractivity contribution is -0.117. The quantitative estimate of drug-likeness (QED) is 0.744. The van der Waals surface area contributed by atoms with Gasteiger partial charge in [0.15, 0.2) is 0 Å². The molecule has 0 spiro atoms. The molecule has 6 heteroatoms. The van der Waals surface area contributed by atoms with E-state index in [4.69, 9.17) is 0 Å². The summed E-state index contributed by atoms with van der Waals surface area (Å²) in [6.07, 6.45) is 5.13. The Bertz CT molecular complexity index is 676. The van der Waals surface area contributed by atoms with Crippen LogP contribution in [0.1, 0.15) is 36.9 Å². The summed E-state index contributed by atoms with van der Waals surface area (Å²) >= 11 is 6.81. The number of aromatic nitrogens is 2. The molecule has 2 rings (SSSR count). The molecule has 116 valence electrons. The van der Waals surface area contributed by atoms with Gasteiger partial charge in [-0.1, -0.05) is 13.3 Å². The van der Waals surface area contributed by atoms with Gasteiger partial charge in [-0.15, -0.1) is 0 Å². The Morgan fingerprint density at radius 3 is 2.73 bits per heavy atom. The molecule has 0 aliphatic carbocycles. The number of nitrogens with zero attached hydrogens (tertiary/aromatic N) is 2. The Morgan fingerprint density at radius 1 is 1.32 bits per heavy atom. The van der Waals surface area contributed by atoms with E-state index in [1.54, 1.807) is 18.5 Å². The Morgan fingerprint density at radius 2 is 2.09 bits per heavy atom. The van der Waals surface area contributed by atoms with Gasteiger partial charge in [0, 0.05) is 21.3 Å². The fourth-order valence-electron chi connectivity index (χ4n) is 2.18. The van der Waals surface area contributed by atoms with Crippen molar-refractivity contribution in [2.75, 3.05) is 5.32 Å². The van der Waals surface area contributed by atoms with Crippen LogP contribution < -0.4 is 5.32 Å². The van der Waals surface area contributed by atoms with E-state index in [1.807, 2.05) is 19.1 Å². The normalized spacial score (nSPS) is 12.0. The van der Waals surface area contributed by atoms with Gasteiger partial charge in [-0.3, -0.25) is 9.78 Å². The predicted octanol–water partition coefficient (Wildman–Crippen LogP) is 4.83. The highest BCUT2D eigenvalue weighted by molar-refractivity contribution is 9.10. The van der Waals surface area contributed by atoms with Crippen molar-refractivity contribution in [1.29, 1.82) is 0 Å². The molecule has 1 amide bonds. The molecule has 0 aliphatic heterocycles. The summed E-state index contributed by atoms with van der Waals surface area (Å²) in [6.45, 7) is 3.95. The van der Waals surface area contributed by atoms with Crippen molar-refractivity contribution in [2.24, 2.45) is 0 Å². The topological polar surface area (TPSA) is 54.9 Å². The molecule has 1 N–H and O–H groups in total. The van der Waals surface area contributed by atoms with Crippen molar-refractivity contribution in [3.8, 4) is 0 Å². The molecule has 1 unspecified atom stereocenters. The number of rotatable bonds is 5. The number of hydrogen-bond donors (Lipinski definition) is 1. The lowest BCUT2D eigenvalue weighted by Gasteiger charge is -2.16. The van der Waals surface area contributed by atoms with E-state index in [9.17, 15) is 4.79 Å². The average molecular weight is 427 g/mol. The third-order valence-electron chi connectivity index (χ3n) is 3.29. The largest absolute Gasteiger partial charge is 0.310 e. The van der Waals surface area contributed by atoms with Crippen molar-refractivity contribution in [3.05, 3.63) is 50.8 Å². The van der Waals surface area contributed by atoms with Crippen LogP contribution in [-0.2, 0) is 4.79 Å². The molecular weight excluding hydrogens is 410 g/mol. The van der Waals surface area contributed by atoms with E-state index in [0.717, 1.165) is 33.0 Å². The highest BCUT2D eigenvalue weighted by atomic mass is 79.9. The van der Waals surface area contributed by atoms with Gasteiger partial charge in [0.1, 0.15) is 5.82 Å². The molecule has 0 fully saturated rings. The van der Waals surface area contributed by atoms with E-state index < -0.39 is 0 Å². The summed E-state index contributed by atoms with van der Waals surface area (Å²) in [6, 6.07) is 5.61. The molecule has 2 aromatic rings. The number of nitrogens with one attached hydrogen (secondary N) is 1. The first-order valence-electron chi connectivity index (χ1n) is 7.05. The van der Waals surface area contributed by atoms with Gasteiger partial charge in [-0.05, 0) is 69.0 Å². The second-order valence-corrected chi connectivity index (χ2v) is 6.80. The van der Waals surface area contributed by atoms with Crippen molar-refractivity contribution in [3.63, 3.8) is 0 Å². The van der Waals surface area contributed by atoms with Crippen LogP contribution in [-0.4, -0.2) is 15.9 Å². The number of anilines is 1. The zero-order valence-corrected chi connectivity index (χ0v) is 15.6. The molecule has 1 atom stereocenters. The van der Waals surface area contributed by atoms with Gasteiger partial charge in [0.25, 0.3) is 0 Å². The van der Waals surface area contributed by atoms with Crippen LogP contribution >= 0.6 is 31.9 Å². The van der Waals surface area contributed by atoms with Gasteiger partial charge in [0.2, 0.25) is 5.91 Å². The van der Waals surface area contributed by atoms with Crippen LogP contribution in [0.5, 0.6) is 0 Å². The number of carbonyl (C=O) groups is 1. The lowest BCUT2D eigenvalue weighted by atomic mass is 9.95. The smallest absolute Gasteiger partial charge is 0.233 e. The molecule has 0 saturated carbocycles. The van der Waals surface area contributed by atoms with E-state index in [0.29, 0.717) is 5.82 Å². The molecule has 2 aromatic heterocycles. The van der Waals surface area contributed by atoms with E-state index in [1.165, 1.54) is 0 Å². The third-order valence-corrected chi connectivity index (χ3v) is 4.57. The molecular formula is C16H17Br2N3O. The fraction of sp³-hybridized carbons (Fsp3) is 0.312. The van der Waals surface area contributed by atoms with Gasteiger partial charge < -0.3 is 5.32 Å². The second kappa shape index (κ2) is 7.83. The van der Waals surface area contributed by atoms with Crippen LogP contribution in [0.4, 0.5) is 5.82 Å². The first kappa shape index (κ1) is 17.1. The number of pyridine rings is 2. The molecule has 0 aliphatic rings. The summed E-state index contributed by atoms with van der Waals surface area (Å²) in [5.74, 6) is 0.270. The highest BCUT2D eigenvalue weighted by Gasteiger charge is 2.21. The Balaban J connectivity index is 2.21. The lowest BCUT2D eigenvalue weighted by Crippen LogP contribution is -2.22. The number of halogens is 2. The summed E-state index contributed by atoms with van der Waals surface area (Å²) in [4.78, 5) is 21.1. The molecule has 0 aromatic carbocycles. The summed E-state index contributed by atoms with van der Waals surface area (Å²) < 4.78 is 1.79. The van der Waals surface area contributed by atoms with Crippen LogP contribution in [0, 0.1) is 6.92 Å². The van der Waals surface area contributed by atoms with Crippen molar-refractivity contribution in [2.45, 2.75) is 32.6 Å². The van der Waals surface area contributed by atoms with E-state index in [2.05, 4.69) is 54.1 Å². The standard InChI is InChI=1S/C16H17Br2N3O/c1-3-4-13(11-7-12(17)9-19-8-11)16(22)21-15-6-5-14(18)10(2)20-15/h5-9,13H,3-4H2,1-2H3,(H,20,21,22). The predicted molar refractivity (Wildman–Crippen MR) is 94.9 cm³/mol. The maximum absolute atomic E-state index is 12.6. The first-order valence-corrected chi connectivity index (χ1v) is 8.64. The maximum atomic E-state index is 12.6. The van der Waals surface area contributed by atoms with Gasteiger partial charge >= 0.3 is 0 Å². The number of carbonyl (C=O) groups excluding carboxylic acids is 1. The minimum absolute atomic E-state index is 0.0593. The molecule has 22 heavy (non-hydrogen) atoms. The zero-order chi connectivity index (χ0) is 16.1. The van der Waals surface area contributed by atoms with Crippen LogP contribution in [0.25, 0.3) is 0 Å². The number of amides is 1. The number of hydrogen-bond acceptors (Lipinski definition) is 3. The Kier molecular flexibility index (Phi) is 6.08. The number of aryl methyl sites for hydroxylation is 1. The maximum Gasteiger partial charge on any atom is 0.233 e. The van der Waals surface area contributed by atoms with E-state index >= 15 is 0 Å². The summed E-state index contributed by atoms with van der Waals surface area (Å²) in [5.41, 5.74) is 1.75. The van der Waals surface area contributed by atoms with Crippen LogP contribution in [0.3, 0.4) is 0 Å². The minimum Gasteiger partial charge on any atom is -0.310 e. The second-order valence-electron chi connectivity index (χ2n) is 5.03. The van der Waals surface area contributed by atoms with Crippen LogP contribution in [0.15, 0.2) is 39.5 Å². The van der Waals surface area contributed by atoms with E-state index in [-0.39, 0.29) is 11.8 Å². The monoisotopic (exact) mass is 425 g/mol. The minimum atomic E-state index is -0.235. The van der Waals surface area contributed by atoms with Gasteiger partial charge in [-0.25, -0.2) is 4.98 Å². The summed E-state index contributed by atoms with van der Waals surface area (Å²) in [5, 5.41) is 2.90. The summed E-state index contributed by atoms with van der Waals surface area (Å²) in [7, 11) is 0. The zero-order valence-electron chi connectivity index (χ0n) is 12.4. The molecule has 0 bridgehead atoms. The van der Waals surface area contributed by atoms with Gasteiger partial charge in [-0.2, -0.15) is 0 Å². The van der Waals surface area contributed by atoms with Crippen molar-refractivity contribution >= 4 is 43.6 Å². The Hall–Kier alpha value is -1.27. The third kappa shape index (κ3) is 4.36. The molecule has 4 nitrogen and oxygen atoms in total. The molecule has 2 heterocycles.